The summed E-state index contributed by atoms with van der Waals surface area (Å²) in [5.41, 5.74) is 0.562. The van der Waals surface area contributed by atoms with Gasteiger partial charge in [0.05, 0.1) is 17.0 Å². The molecule has 2 atom stereocenters. The Bertz CT molecular complexity index is 577. The quantitative estimate of drug-likeness (QED) is 0.725. The number of amides is 2. The monoisotopic (exact) mass is 358 g/mol. The number of hydrogen-bond donors (Lipinski definition) is 3. The van der Waals surface area contributed by atoms with Crippen molar-refractivity contribution in [3.05, 3.63) is 39.8 Å². The van der Waals surface area contributed by atoms with Crippen molar-refractivity contribution < 1.29 is 14.7 Å². The van der Waals surface area contributed by atoms with Crippen LogP contribution in [0.2, 0.25) is 5.02 Å². The fourth-order valence-electron chi connectivity index (χ4n) is 1.90. The lowest BCUT2D eigenvalue weighted by Gasteiger charge is -2.13. The van der Waals surface area contributed by atoms with E-state index >= 15 is 0 Å². The zero-order valence-electron chi connectivity index (χ0n) is 10.3. The first-order chi connectivity index (χ1) is 9.45. The third-order valence-corrected chi connectivity index (χ3v) is 4.13. The zero-order chi connectivity index (χ0) is 14.7. The second kappa shape index (κ2) is 6.28. The number of urea groups is 1. The maximum absolute atomic E-state index is 11.8. The standard InChI is InChI=1S/C13H12BrClN2O3/c14-10-4-3-9(6-11(10)15)17-13(20)16-8-2-1-7(5-8)12(18)19/h1-4,6-8H,5H2,(H,18,19)(H2,16,17,20). The highest BCUT2D eigenvalue weighted by Gasteiger charge is 2.25. The molecule has 5 nitrogen and oxygen atoms in total. The van der Waals surface area contributed by atoms with Crippen molar-refractivity contribution in [2.24, 2.45) is 5.92 Å². The van der Waals surface area contributed by atoms with Crippen LogP contribution in [0.25, 0.3) is 0 Å². The summed E-state index contributed by atoms with van der Waals surface area (Å²) < 4.78 is 0.744. The predicted octanol–water partition coefficient (Wildman–Crippen LogP) is 3.25. The summed E-state index contributed by atoms with van der Waals surface area (Å²) in [5, 5.41) is 14.7. The first kappa shape index (κ1) is 14.9. The van der Waals surface area contributed by atoms with Crippen LogP contribution >= 0.6 is 27.5 Å². The molecule has 0 radical (unpaired) electrons. The van der Waals surface area contributed by atoms with E-state index in [-0.39, 0.29) is 6.04 Å². The summed E-state index contributed by atoms with van der Waals surface area (Å²) in [4.78, 5) is 22.6. The summed E-state index contributed by atoms with van der Waals surface area (Å²) in [6, 6.07) is 4.38. The van der Waals surface area contributed by atoms with Crippen LogP contribution in [0.5, 0.6) is 0 Å². The fourth-order valence-corrected chi connectivity index (χ4v) is 2.33. The van der Waals surface area contributed by atoms with E-state index in [4.69, 9.17) is 16.7 Å². The molecule has 7 heteroatoms. The molecule has 1 aliphatic carbocycles. The van der Waals surface area contributed by atoms with Crippen LogP contribution in [0, 0.1) is 5.92 Å². The smallest absolute Gasteiger partial charge is 0.319 e. The van der Waals surface area contributed by atoms with Crippen molar-refractivity contribution in [3.8, 4) is 0 Å². The molecule has 0 aliphatic heterocycles. The number of nitrogens with one attached hydrogen (secondary N) is 2. The fraction of sp³-hybridized carbons (Fsp3) is 0.231. The van der Waals surface area contributed by atoms with Crippen molar-refractivity contribution in [1.82, 2.24) is 5.32 Å². The molecule has 0 spiro atoms. The van der Waals surface area contributed by atoms with Gasteiger partial charge in [0.15, 0.2) is 0 Å². The van der Waals surface area contributed by atoms with E-state index < -0.39 is 17.9 Å². The average Bonchev–Trinajstić information content (AvgIpc) is 2.82. The van der Waals surface area contributed by atoms with Crippen LogP contribution in [0.15, 0.2) is 34.8 Å². The Hall–Kier alpha value is -1.53. The Labute approximate surface area is 129 Å². The molecule has 0 heterocycles. The number of benzene rings is 1. The molecule has 2 unspecified atom stereocenters. The molecule has 20 heavy (non-hydrogen) atoms. The maximum Gasteiger partial charge on any atom is 0.319 e. The summed E-state index contributed by atoms with van der Waals surface area (Å²) in [6.07, 6.45) is 3.64. The Balaban J connectivity index is 1.89. The maximum atomic E-state index is 11.8. The largest absolute Gasteiger partial charge is 0.481 e. The summed E-state index contributed by atoms with van der Waals surface area (Å²) >= 11 is 9.19. The molecule has 2 rings (SSSR count). The van der Waals surface area contributed by atoms with Crippen LogP contribution in [0.3, 0.4) is 0 Å². The number of hydrogen-bond acceptors (Lipinski definition) is 2. The lowest BCUT2D eigenvalue weighted by atomic mass is 10.1. The third-order valence-electron chi connectivity index (χ3n) is 2.89. The molecular weight excluding hydrogens is 348 g/mol. The molecule has 0 aromatic heterocycles. The van der Waals surface area contributed by atoms with Crippen molar-refractivity contribution in [2.75, 3.05) is 5.32 Å². The van der Waals surface area contributed by atoms with Crippen molar-refractivity contribution in [3.63, 3.8) is 0 Å². The summed E-state index contributed by atoms with van der Waals surface area (Å²) in [5.74, 6) is -1.42. The highest BCUT2D eigenvalue weighted by atomic mass is 79.9. The van der Waals surface area contributed by atoms with Gasteiger partial charge in [0.1, 0.15) is 0 Å². The van der Waals surface area contributed by atoms with Gasteiger partial charge in [-0.2, -0.15) is 0 Å². The van der Waals surface area contributed by atoms with Gasteiger partial charge in [-0.1, -0.05) is 23.8 Å². The second-order valence-electron chi connectivity index (χ2n) is 4.40. The van der Waals surface area contributed by atoms with Gasteiger partial charge in [-0.25, -0.2) is 4.79 Å². The minimum absolute atomic E-state index is 0.276. The number of anilines is 1. The van der Waals surface area contributed by atoms with Crippen LogP contribution in [-0.2, 0) is 4.79 Å². The van der Waals surface area contributed by atoms with Gasteiger partial charge in [-0.05, 0) is 40.5 Å². The lowest BCUT2D eigenvalue weighted by molar-refractivity contribution is -0.140. The predicted molar refractivity (Wildman–Crippen MR) is 80.0 cm³/mol. The first-order valence-electron chi connectivity index (χ1n) is 5.89. The number of halogens is 2. The molecule has 0 saturated heterocycles. The average molecular weight is 360 g/mol. The molecule has 3 N–H and O–H groups in total. The number of carboxylic acids is 1. The highest BCUT2D eigenvalue weighted by molar-refractivity contribution is 9.10. The van der Waals surface area contributed by atoms with Crippen molar-refractivity contribution in [1.29, 1.82) is 0 Å². The molecular formula is C13H12BrClN2O3. The van der Waals surface area contributed by atoms with E-state index in [1.807, 2.05) is 0 Å². The van der Waals surface area contributed by atoms with Crippen LogP contribution in [-0.4, -0.2) is 23.1 Å². The molecule has 1 aromatic carbocycles. The van der Waals surface area contributed by atoms with E-state index in [1.165, 1.54) is 0 Å². The summed E-state index contributed by atoms with van der Waals surface area (Å²) in [6.45, 7) is 0. The SMILES string of the molecule is O=C(Nc1ccc(Br)c(Cl)c1)NC1C=CC(C(=O)O)C1. The Morgan fingerprint density at radius 1 is 1.35 bits per heavy atom. The Kier molecular flexibility index (Phi) is 4.67. The van der Waals surface area contributed by atoms with Gasteiger partial charge >= 0.3 is 12.0 Å². The summed E-state index contributed by atoms with van der Waals surface area (Å²) in [7, 11) is 0. The van der Waals surface area contributed by atoms with Gasteiger partial charge in [0, 0.05) is 10.2 Å². The molecule has 2 amide bonds. The van der Waals surface area contributed by atoms with Gasteiger partial charge < -0.3 is 15.7 Å². The van der Waals surface area contributed by atoms with Crippen molar-refractivity contribution >= 4 is 45.2 Å². The topological polar surface area (TPSA) is 78.4 Å². The number of rotatable bonds is 3. The Morgan fingerprint density at radius 3 is 2.70 bits per heavy atom. The lowest BCUT2D eigenvalue weighted by Crippen LogP contribution is -2.36. The normalized spacial score (nSPS) is 20.7. The van der Waals surface area contributed by atoms with Crippen molar-refractivity contribution in [2.45, 2.75) is 12.5 Å². The van der Waals surface area contributed by atoms with Gasteiger partial charge in [-0.15, -0.1) is 0 Å². The van der Waals surface area contributed by atoms with Gasteiger partial charge in [0.2, 0.25) is 0 Å². The number of carboxylic acid groups (broad SMARTS) is 1. The number of carbonyl (C=O) groups excluding carboxylic acids is 1. The first-order valence-corrected chi connectivity index (χ1v) is 7.06. The van der Waals surface area contributed by atoms with Gasteiger partial charge in [0.25, 0.3) is 0 Å². The van der Waals surface area contributed by atoms with E-state index in [9.17, 15) is 9.59 Å². The zero-order valence-corrected chi connectivity index (χ0v) is 12.6. The van der Waals surface area contributed by atoms with Crippen LogP contribution < -0.4 is 10.6 Å². The minimum atomic E-state index is -0.884. The Morgan fingerprint density at radius 2 is 2.10 bits per heavy atom. The van der Waals surface area contributed by atoms with Crippen LogP contribution in [0.1, 0.15) is 6.42 Å². The molecule has 1 aliphatic rings. The number of aliphatic carboxylic acids is 1. The minimum Gasteiger partial charge on any atom is -0.481 e. The molecule has 106 valence electrons. The van der Waals surface area contributed by atoms with E-state index in [1.54, 1.807) is 30.4 Å². The second-order valence-corrected chi connectivity index (χ2v) is 5.66. The number of carbonyl (C=O) groups is 2. The van der Waals surface area contributed by atoms with E-state index in [2.05, 4.69) is 26.6 Å². The third kappa shape index (κ3) is 3.74. The molecule has 0 fully saturated rings. The van der Waals surface area contributed by atoms with Crippen LogP contribution in [0.4, 0.5) is 10.5 Å². The molecule has 0 saturated carbocycles. The highest BCUT2D eigenvalue weighted by Crippen LogP contribution is 2.25. The van der Waals surface area contributed by atoms with Gasteiger partial charge in [-0.3, -0.25) is 4.79 Å². The molecule has 0 bridgehead atoms. The van der Waals surface area contributed by atoms with E-state index in [0.29, 0.717) is 17.1 Å². The van der Waals surface area contributed by atoms with E-state index in [0.717, 1.165) is 4.47 Å². The molecule has 1 aromatic rings.